The maximum atomic E-state index is 13.7. The van der Waals surface area contributed by atoms with E-state index in [-0.39, 0.29) is 11.3 Å². The quantitative estimate of drug-likeness (QED) is 0.479. The Kier molecular flexibility index (Phi) is 5.01. The standard InChI is InChI=1S/C19H16FN5O3S/c1-23-11-21-22-19(23)29-17-7-5-13(9-16(17)25(27)28)18(26)24-8-2-3-12-4-6-14(20)10-15(12)24/h4-7,9-11H,2-3,8H2,1H3. The minimum absolute atomic E-state index is 0.177. The molecule has 3 aromatic rings. The molecule has 0 saturated heterocycles. The Morgan fingerprint density at radius 2 is 2.10 bits per heavy atom. The molecule has 0 unspecified atom stereocenters. The number of hydrogen-bond donors (Lipinski definition) is 0. The van der Waals surface area contributed by atoms with E-state index in [0.717, 1.165) is 30.2 Å². The van der Waals surface area contributed by atoms with E-state index in [9.17, 15) is 19.3 Å². The third kappa shape index (κ3) is 3.70. The molecular formula is C19H16FN5O3S. The van der Waals surface area contributed by atoms with Crippen molar-refractivity contribution in [2.24, 2.45) is 7.05 Å². The first-order valence-electron chi connectivity index (χ1n) is 8.84. The van der Waals surface area contributed by atoms with Crippen LogP contribution in [0.3, 0.4) is 0 Å². The maximum absolute atomic E-state index is 13.7. The van der Waals surface area contributed by atoms with Crippen molar-refractivity contribution < 1.29 is 14.1 Å². The summed E-state index contributed by atoms with van der Waals surface area (Å²) >= 11 is 1.10. The fourth-order valence-electron chi connectivity index (χ4n) is 3.26. The number of carbonyl (C=O) groups is 1. The number of nitro groups is 1. The molecule has 1 aliphatic rings. The fourth-order valence-corrected chi connectivity index (χ4v) is 4.11. The van der Waals surface area contributed by atoms with Gasteiger partial charge in [-0.25, -0.2) is 4.39 Å². The molecule has 0 fully saturated rings. The average Bonchev–Trinajstić information content (AvgIpc) is 3.11. The van der Waals surface area contributed by atoms with Crippen LogP contribution in [-0.4, -0.2) is 32.1 Å². The summed E-state index contributed by atoms with van der Waals surface area (Å²) in [4.78, 5) is 26.0. The van der Waals surface area contributed by atoms with Gasteiger partial charge in [-0.2, -0.15) is 0 Å². The van der Waals surface area contributed by atoms with Gasteiger partial charge in [-0.05, 0) is 54.4 Å². The lowest BCUT2D eigenvalue weighted by Gasteiger charge is -2.29. The predicted octanol–water partition coefficient (Wildman–Crippen LogP) is 3.61. The summed E-state index contributed by atoms with van der Waals surface area (Å²) in [6, 6.07) is 8.71. The highest BCUT2D eigenvalue weighted by atomic mass is 32.2. The number of anilines is 1. The van der Waals surface area contributed by atoms with Gasteiger partial charge in [0.1, 0.15) is 12.1 Å². The molecule has 0 N–H and O–H groups in total. The van der Waals surface area contributed by atoms with E-state index < -0.39 is 16.6 Å². The molecule has 2 heterocycles. The van der Waals surface area contributed by atoms with Crippen molar-refractivity contribution in [2.75, 3.05) is 11.4 Å². The number of nitro benzene ring substituents is 1. The lowest BCUT2D eigenvalue weighted by Crippen LogP contribution is -2.35. The Hall–Kier alpha value is -3.27. The third-order valence-electron chi connectivity index (χ3n) is 4.68. The Bertz CT molecular complexity index is 1120. The molecule has 4 rings (SSSR count). The van der Waals surface area contributed by atoms with Crippen LogP contribution in [0.5, 0.6) is 0 Å². The lowest BCUT2D eigenvalue weighted by molar-refractivity contribution is -0.387. The molecule has 0 bridgehead atoms. The van der Waals surface area contributed by atoms with Crippen molar-refractivity contribution >= 4 is 29.0 Å². The summed E-state index contributed by atoms with van der Waals surface area (Å²) in [5.74, 6) is -0.820. The first kappa shape index (κ1) is 19.1. The lowest BCUT2D eigenvalue weighted by atomic mass is 10.0. The van der Waals surface area contributed by atoms with E-state index in [0.29, 0.717) is 22.3 Å². The van der Waals surface area contributed by atoms with Gasteiger partial charge >= 0.3 is 0 Å². The van der Waals surface area contributed by atoms with Gasteiger partial charge in [0.05, 0.1) is 15.5 Å². The molecule has 1 aromatic heterocycles. The van der Waals surface area contributed by atoms with Gasteiger partial charge in [0.25, 0.3) is 11.6 Å². The number of amides is 1. The van der Waals surface area contributed by atoms with E-state index in [1.165, 1.54) is 35.5 Å². The molecule has 1 aliphatic heterocycles. The van der Waals surface area contributed by atoms with Gasteiger partial charge in [-0.1, -0.05) is 6.07 Å². The summed E-state index contributed by atoms with van der Waals surface area (Å²) in [6.45, 7) is 0.429. The number of aromatic nitrogens is 3. The van der Waals surface area contributed by atoms with Crippen LogP contribution in [0.25, 0.3) is 0 Å². The topological polar surface area (TPSA) is 94.2 Å². The minimum atomic E-state index is -0.528. The van der Waals surface area contributed by atoms with Gasteiger partial charge in [-0.3, -0.25) is 14.9 Å². The monoisotopic (exact) mass is 413 g/mol. The number of nitrogens with zero attached hydrogens (tertiary/aromatic N) is 5. The molecule has 0 atom stereocenters. The van der Waals surface area contributed by atoms with Gasteiger partial charge in [0, 0.05) is 25.2 Å². The Morgan fingerprint density at radius 3 is 2.83 bits per heavy atom. The molecule has 0 saturated carbocycles. The summed E-state index contributed by atoms with van der Waals surface area (Å²) in [5, 5.41) is 19.8. The maximum Gasteiger partial charge on any atom is 0.284 e. The van der Waals surface area contributed by atoms with Crippen LogP contribution in [0.1, 0.15) is 22.3 Å². The number of rotatable bonds is 4. The van der Waals surface area contributed by atoms with Gasteiger partial charge < -0.3 is 9.47 Å². The van der Waals surface area contributed by atoms with Crippen LogP contribution in [0, 0.1) is 15.9 Å². The second-order valence-electron chi connectivity index (χ2n) is 6.60. The first-order chi connectivity index (χ1) is 13.9. The third-order valence-corrected chi connectivity index (χ3v) is 5.80. The van der Waals surface area contributed by atoms with Crippen LogP contribution < -0.4 is 4.90 Å². The molecular weight excluding hydrogens is 397 g/mol. The van der Waals surface area contributed by atoms with Crippen molar-refractivity contribution in [1.82, 2.24) is 14.8 Å². The zero-order chi connectivity index (χ0) is 20.5. The molecule has 0 spiro atoms. The SMILES string of the molecule is Cn1cnnc1Sc1ccc(C(=O)N2CCCc3ccc(F)cc32)cc1[N+](=O)[O-]. The predicted molar refractivity (Wildman–Crippen MR) is 105 cm³/mol. The Labute approximate surface area is 169 Å². The average molecular weight is 413 g/mol. The van der Waals surface area contributed by atoms with E-state index in [1.807, 2.05) is 0 Å². The highest BCUT2D eigenvalue weighted by Gasteiger charge is 2.26. The number of carbonyl (C=O) groups excluding carboxylic acids is 1. The molecule has 29 heavy (non-hydrogen) atoms. The summed E-state index contributed by atoms with van der Waals surface area (Å²) < 4.78 is 15.4. The molecule has 1 amide bonds. The number of benzene rings is 2. The van der Waals surface area contributed by atoms with E-state index in [2.05, 4.69) is 10.2 Å². The smallest absolute Gasteiger partial charge is 0.284 e. The van der Waals surface area contributed by atoms with Gasteiger partial charge in [-0.15, -0.1) is 10.2 Å². The number of halogens is 1. The summed E-state index contributed by atoms with van der Waals surface area (Å²) in [7, 11) is 1.74. The number of fused-ring (bicyclic) bond motifs is 1. The molecule has 0 aliphatic carbocycles. The number of aryl methyl sites for hydroxylation is 2. The molecule has 10 heteroatoms. The largest absolute Gasteiger partial charge is 0.311 e. The van der Waals surface area contributed by atoms with Gasteiger partial charge in [0.15, 0.2) is 5.16 Å². The normalized spacial score (nSPS) is 13.2. The zero-order valence-corrected chi connectivity index (χ0v) is 16.2. The fraction of sp³-hybridized carbons (Fsp3) is 0.211. The van der Waals surface area contributed by atoms with Crippen LogP contribution in [0.4, 0.5) is 15.8 Å². The van der Waals surface area contributed by atoms with Crippen molar-refractivity contribution in [2.45, 2.75) is 22.9 Å². The minimum Gasteiger partial charge on any atom is -0.311 e. The van der Waals surface area contributed by atoms with Crippen LogP contribution in [0.2, 0.25) is 0 Å². The van der Waals surface area contributed by atoms with Crippen molar-refractivity contribution in [1.29, 1.82) is 0 Å². The Morgan fingerprint density at radius 1 is 1.28 bits per heavy atom. The number of hydrogen-bond acceptors (Lipinski definition) is 6. The molecule has 8 nitrogen and oxygen atoms in total. The summed E-state index contributed by atoms with van der Waals surface area (Å²) in [6.07, 6.45) is 3.00. The van der Waals surface area contributed by atoms with Crippen LogP contribution in [-0.2, 0) is 13.5 Å². The second-order valence-corrected chi connectivity index (χ2v) is 7.61. The van der Waals surface area contributed by atoms with Gasteiger partial charge in [0.2, 0.25) is 0 Å². The highest BCUT2D eigenvalue weighted by Crippen LogP contribution is 2.35. The van der Waals surface area contributed by atoms with Crippen LogP contribution in [0.15, 0.2) is 52.8 Å². The van der Waals surface area contributed by atoms with Crippen LogP contribution >= 0.6 is 11.8 Å². The second kappa shape index (κ2) is 7.63. The summed E-state index contributed by atoms with van der Waals surface area (Å²) in [5.41, 5.74) is 1.38. The van der Waals surface area contributed by atoms with E-state index in [1.54, 1.807) is 23.7 Å². The Balaban J connectivity index is 1.68. The zero-order valence-electron chi connectivity index (χ0n) is 15.4. The van der Waals surface area contributed by atoms with E-state index >= 15 is 0 Å². The van der Waals surface area contributed by atoms with Crippen molar-refractivity contribution in [3.63, 3.8) is 0 Å². The van der Waals surface area contributed by atoms with E-state index in [4.69, 9.17) is 0 Å². The molecule has 0 radical (unpaired) electrons. The molecule has 148 valence electrons. The van der Waals surface area contributed by atoms with Crippen molar-refractivity contribution in [3.8, 4) is 0 Å². The highest BCUT2D eigenvalue weighted by molar-refractivity contribution is 7.99. The first-order valence-corrected chi connectivity index (χ1v) is 9.66. The molecule has 2 aromatic carbocycles. The van der Waals surface area contributed by atoms with Crippen molar-refractivity contribution in [3.05, 3.63) is 69.8 Å².